The molecule has 1 aromatic carbocycles. The number of hydrazone groups is 1. The van der Waals surface area contributed by atoms with Gasteiger partial charge in [0.2, 0.25) is 0 Å². The van der Waals surface area contributed by atoms with E-state index < -0.39 is 0 Å². The third-order valence-electron chi connectivity index (χ3n) is 2.78. The van der Waals surface area contributed by atoms with Gasteiger partial charge in [-0.2, -0.15) is 5.10 Å². The second-order valence-corrected chi connectivity index (χ2v) is 5.37. The smallest absolute Gasteiger partial charge is 0.184 e. The molecule has 1 heterocycles. The number of nitrogens with two attached hydrogens (primary N) is 1. The summed E-state index contributed by atoms with van der Waals surface area (Å²) in [5, 5.41) is 4.40. The number of hydrogen-bond donors (Lipinski definition) is 2. The number of nitrogens with one attached hydrogen (secondary N) is 1. The van der Waals surface area contributed by atoms with Crippen molar-refractivity contribution in [2.45, 2.75) is 25.9 Å². The van der Waals surface area contributed by atoms with Crippen LogP contribution in [0.15, 0.2) is 23.3 Å². The van der Waals surface area contributed by atoms with E-state index in [1.807, 2.05) is 32.0 Å². The van der Waals surface area contributed by atoms with Gasteiger partial charge in [-0.1, -0.05) is 0 Å². The molecule has 102 valence electrons. The predicted octanol–water partition coefficient (Wildman–Crippen LogP) is 1.79. The molecule has 0 saturated carbocycles. The van der Waals surface area contributed by atoms with Crippen LogP contribution in [0.4, 0.5) is 0 Å². The Balaban J connectivity index is 2.43. The van der Waals surface area contributed by atoms with Gasteiger partial charge in [0, 0.05) is 18.1 Å². The average molecular weight is 279 g/mol. The fourth-order valence-electron chi connectivity index (χ4n) is 2.01. The van der Waals surface area contributed by atoms with E-state index in [0.717, 1.165) is 22.8 Å². The van der Waals surface area contributed by atoms with Crippen molar-refractivity contribution in [3.05, 3.63) is 23.8 Å². The molecule has 0 fully saturated rings. The lowest BCUT2D eigenvalue weighted by atomic mass is 9.92. The molecule has 1 aliphatic rings. The molecule has 6 heteroatoms. The molecule has 0 aliphatic carbocycles. The monoisotopic (exact) mass is 279 g/mol. The van der Waals surface area contributed by atoms with Crippen molar-refractivity contribution < 1.29 is 9.47 Å². The summed E-state index contributed by atoms with van der Waals surface area (Å²) in [6.07, 6.45) is 0.669. The van der Waals surface area contributed by atoms with Gasteiger partial charge in [-0.15, -0.1) is 0 Å². The number of nitrogens with zero attached hydrogens (tertiary/aromatic N) is 1. The predicted molar refractivity (Wildman–Crippen MR) is 78.8 cm³/mol. The Kier molecular flexibility index (Phi) is 3.61. The van der Waals surface area contributed by atoms with Crippen LogP contribution in [0.1, 0.15) is 25.8 Å². The maximum absolute atomic E-state index is 5.95. The summed E-state index contributed by atoms with van der Waals surface area (Å²) in [5.41, 5.74) is 9.48. The van der Waals surface area contributed by atoms with Crippen molar-refractivity contribution in [3.8, 4) is 11.5 Å². The Hall–Kier alpha value is -1.82. The van der Waals surface area contributed by atoms with E-state index in [1.165, 1.54) is 0 Å². The summed E-state index contributed by atoms with van der Waals surface area (Å²) in [5.74, 6) is 1.50. The zero-order valence-electron chi connectivity index (χ0n) is 11.2. The fraction of sp³-hybridized carbons (Fsp3) is 0.385. The van der Waals surface area contributed by atoms with Gasteiger partial charge in [0.1, 0.15) is 17.1 Å². The third-order valence-corrected chi connectivity index (χ3v) is 2.87. The first kappa shape index (κ1) is 13.6. The van der Waals surface area contributed by atoms with E-state index in [1.54, 1.807) is 7.11 Å². The number of methoxy groups -OCH3 is 1. The maximum atomic E-state index is 5.95. The van der Waals surface area contributed by atoms with Gasteiger partial charge < -0.3 is 15.2 Å². The van der Waals surface area contributed by atoms with E-state index in [9.17, 15) is 0 Å². The summed E-state index contributed by atoms with van der Waals surface area (Å²) in [4.78, 5) is 0. The first-order valence-corrected chi connectivity index (χ1v) is 6.31. The van der Waals surface area contributed by atoms with Crippen molar-refractivity contribution >= 4 is 23.0 Å². The lowest BCUT2D eigenvalue weighted by Crippen LogP contribution is -2.37. The molecule has 0 saturated heterocycles. The van der Waals surface area contributed by atoms with Gasteiger partial charge >= 0.3 is 0 Å². The fourth-order valence-corrected chi connectivity index (χ4v) is 2.05. The van der Waals surface area contributed by atoms with Gasteiger partial charge in [-0.25, -0.2) is 0 Å². The second-order valence-electron chi connectivity index (χ2n) is 4.94. The van der Waals surface area contributed by atoms with Crippen LogP contribution in [0.5, 0.6) is 11.5 Å². The van der Waals surface area contributed by atoms with Crippen LogP contribution in [0.25, 0.3) is 0 Å². The highest BCUT2D eigenvalue weighted by atomic mass is 32.1. The zero-order chi connectivity index (χ0) is 14.0. The van der Waals surface area contributed by atoms with Crippen LogP contribution >= 0.6 is 12.2 Å². The number of ether oxygens (including phenoxy) is 2. The number of thiocarbonyl (C=S) groups is 1. The first-order valence-electron chi connectivity index (χ1n) is 5.91. The highest BCUT2D eigenvalue weighted by Crippen LogP contribution is 2.35. The molecule has 2 rings (SSSR count). The van der Waals surface area contributed by atoms with Crippen molar-refractivity contribution in [2.75, 3.05) is 7.11 Å². The van der Waals surface area contributed by atoms with Gasteiger partial charge in [-0.3, -0.25) is 5.43 Å². The molecular weight excluding hydrogens is 262 g/mol. The normalized spacial score (nSPS) is 18.4. The maximum Gasteiger partial charge on any atom is 0.184 e. The summed E-state index contributed by atoms with van der Waals surface area (Å²) in [6, 6.07) is 5.65. The lowest BCUT2D eigenvalue weighted by molar-refractivity contribution is 0.111. The van der Waals surface area contributed by atoms with Crippen LogP contribution in [0.3, 0.4) is 0 Å². The van der Waals surface area contributed by atoms with E-state index in [0.29, 0.717) is 6.42 Å². The summed E-state index contributed by atoms with van der Waals surface area (Å²) >= 11 is 4.77. The molecule has 5 nitrogen and oxygen atoms in total. The first-order chi connectivity index (χ1) is 8.91. The van der Waals surface area contributed by atoms with E-state index >= 15 is 0 Å². The summed E-state index contributed by atoms with van der Waals surface area (Å²) < 4.78 is 11.2. The summed E-state index contributed by atoms with van der Waals surface area (Å²) in [7, 11) is 1.62. The molecule has 19 heavy (non-hydrogen) atoms. The van der Waals surface area contributed by atoms with Crippen LogP contribution in [0.2, 0.25) is 0 Å². The van der Waals surface area contributed by atoms with Crippen LogP contribution in [-0.2, 0) is 0 Å². The molecule has 0 atom stereocenters. The minimum absolute atomic E-state index is 0.145. The largest absolute Gasteiger partial charge is 0.497 e. The third kappa shape index (κ3) is 3.14. The number of hydrogen-bond acceptors (Lipinski definition) is 4. The van der Waals surface area contributed by atoms with Gasteiger partial charge in [0.05, 0.1) is 12.8 Å². The molecule has 0 radical (unpaired) electrons. The van der Waals surface area contributed by atoms with Crippen LogP contribution in [-0.4, -0.2) is 23.5 Å². The highest BCUT2D eigenvalue weighted by molar-refractivity contribution is 7.80. The van der Waals surface area contributed by atoms with E-state index in [-0.39, 0.29) is 10.7 Å². The molecule has 1 aromatic rings. The van der Waals surface area contributed by atoms with Crippen molar-refractivity contribution in [1.29, 1.82) is 0 Å². The number of fused-ring (bicyclic) bond motifs is 1. The van der Waals surface area contributed by atoms with E-state index in [2.05, 4.69) is 10.5 Å². The molecule has 1 aliphatic heterocycles. The molecule has 0 bridgehead atoms. The molecule has 0 spiro atoms. The Labute approximate surface area is 117 Å². The Bertz CT molecular complexity index is 541. The summed E-state index contributed by atoms with van der Waals surface area (Å²) in [6.45, 7) is 4.01. The highest BCUT2D eigenvalue weighted by Gasteiger charge is 2.31. The average Bonchev–Trinajstić information content (AvgIpc) is 2.33. The molecular formula is C13H17N3O2S. The molecule has 0 amide bonds. The lowest BCUT2D eigenvalue weighted by Gasteiger charge is -2.33. The minimum Gasteiger partial charge on any atom is -0.497 e. The van der Waals surface area contributed by atoms with Gasteiger partial charge in [-0.05, 0) is 38.2 Å². The Morgan fingerprint density at radius 2 is 2.26 bits per heavy atom. The topological polar surface area (TPSA) is 68.9 Å². The van der Waals surface area contributed by atoms with Crippen molar-refractivity contribution in [2.24, 2.45) is 10.8 Å². The molecule has 3 N–H and O–H groups in total. The number of rotatable bonds is 2. The zero-order valence-corrected chi connectivity index (χ0v) is 12.0. The molecule has 0 aromatic heterocycles. The van der Waals surface area contributed by atoms with Crippen LogP contribution < -0.4 is 20.6 Å². The number of benzene rings is 1. The standard InChI is InChI=1S/C13H17N3O2S/c1-13(2)7-10(15-16-12(14)19)9-5-4-8(17-3)6-11(9)18-13/h4-6H,7H2,1-3H3,(H3,14,16,19). The van der Waals surface area contributed by atoms with E-state index in [4.69, 9.17) is 27.4 Å². The minimum atomic E-state index is -0.337. The Morgan fingerprint density at radius 3 is 2.89 bits per heavy atom. The van der Waals surface area contributed by atoms with Crippen molar-refractivity contribution in [1.82, 2.24) is 5.43 Å². The quantitative estimate of drug-likeness (QED) is 0.638. The van der Waals surface area contributed by atoms with Crippen molar-refractivity contribution in [3.63, 3.8) is 0 Å². The van der Waals surface area contributed by atoms with Gasteiger partial charge in [0.25, 0.3) is 0 Å². The second kappa shape index (κ2) is 5.05. The molecule has 0 unspecified atom stereocenters. The Morgan fingerprint density at radius 1 is 1.53 bits per heavy atom. The van der Waals surface area contributed by atoms with Gasteiger partial charge in [0.15, 0.2) is 5.11 Å². The van der Waals surface area contributed by atoms with Crippen LogP contribution in [0, 0.1) is 0 Å². The SMILES string of the molecule is COc1ccc2c(c1)OC(C)(C)CC2=NNC(N)=S.